The maximum absolute atomic E-state index is 12.3. The third kappa shape index (κ3) is 3.89. The molecule has 23 heavy (non-hydrogen) atoms. The first-order chi connectivity index (χ1) is 11.2. The number of carbonyl (C=O) groups is 2. The highest BCUT2D eigenvalue weighted by Crippen LogP contribution is 2.26. The topological polar surface area (TPSA) is 58.2 Å². The molecule has 0 atom stereocenters. The lowest BCUT2D eigenvalue weighted by atomic mass is 9.95. The Kier molecular flexibility index (Phi) is 4.91. The Balaban J connectivity index is 1.56. The lowest BCUT2D eigenvalue weighted by molar-refractivity contribution is -0.121. The van der Waals surface area contributed by atoms with Gasteiger partial charge in [-0.2, -0.15) is 0 Å². The number of nitrogens with one attached hydrogen (secondary N) is 2. The number of hydrogen-bond acceptors (Lipinski definition) is 2. The molecule has 2 N–H and O–H groups in total. The van der Waals surface area contributed by atoms with Crippen molar-refractivity contribution >= 4 is 11.8 Å². The molecule has 0 bridgehead atoms. The second-order valence-electron chi connectivity index (χ2n) is 6.11. The van der Waals surface area contributed by atoms with Crippen LogP contribution in [0.15, 0.2) is 42.5 Å². The molecule has 0 aromatic heterocycles. The molecule has 3 rings (SSSR count). The van der Waals surface area contributed by atoms with Crippen LogP contribution in [0.4, 0.5) is 0 Å². The van der Waals surface area contributed by atoms with Crippen LogP contribution in [0.1, 0.15) is 42.5 Å². The lowest BCUT2D eigenvalue weighted by Gasteiger charge is -2.22. The van der Waals surface area contributed by atoms with Gasteiger partial charge in [-0.3, -0.25) is 9.59 Å². The summed E-state index contributed by atoms with van der Waals surface area (Å²) in [6.07, 6.45) is 5.69. The van der Waals surface area contributed by atoms with Crippen molar-refractivity contribution in [3.63, 3.8) is 0 Å². The molecule has 1 fully saturated rings. The van der Waals surface area contributed by atoms with Gasteiger partial charge in [0.2, 0.25) is 5.91 Å². The van der Waals surface area contributed by atoms with Gasteiger partial charge in [-0.15, -0.1) is 0 Å². The fourth-order valence-electron chi connectivity index (χ4n) is 3.19. The first kappa shape index (κ1) is 15.5. The van der Waals surface area contributed by atoms with Gasteiger partial charge in [-0.1, -0.05) is 55.7 Å². The molecule has 4 heteroatoms. The van der Waals surface area contributed by atoms with Crippen LogP contribution in [-0.4, -0.2) is 24.4 Å². The molecule has 1 saturated carbocycles. The number of rotatable bonds is 4. The predicted molar refractivity (Wildman–Crippen MR) is 90.4 cm³/mol. The monoisotopic (exact) mass is 310 g/mol. The average Bonchev–Trinajstić information content (AvgIpc) is 2.82. The molecule has 0 radical (unpaired) electrons. The van der Waals surface area contributed by atoms with Gasteiger partial charge in [0, 0.05) is 11.6 Å². The van der Waals surface area contributed by atoms with E-state index in [0.717, 1.165) is 24.0 Å². The minimum absolute atomic E-state index is 0.0287. The van der Waals surface area contributed by atoms with E-state index in [1.165, 1.54) is 19.3 Å². The maximum Gasteiger partial charge on any atom is 0.252 e. The van der Waals surface area contributed by atoms with Crippen LogP contribution in [0.3, 0.4) is 0 Å². The van der Waals surface area contributed by atoms with Crippen molar-refractivity contribution in [2.45, 2.75) is 38.1 Å². The Morgan fingerprint density at radius 1 is 0.957 bits per heavy atom. The van der Waals surface area contributed by atoms with Crippen LogP contribution in [0, 0.1) is 0 Å². The van der Waals surface area contributed by atoms with E-state index in [1.807, 2.05) is 36.4 Å². The van der Waals surface area contributed by atoms with Crippen LogP contribution in [0.25, 0.3) is 11.1 Å². The Morgan fingerprint density at radius 2 is 1.74 bits per heavy atom. The Hall–Kier alpha value is -2.36. The standard InChI is InChI=1S/C19H22N2O2/c22-18(21-15-8-4-2-5-9-15)13-20-19(23)17-12-11-14-7-3-1-6-10-16(14)17/h1,3,6-7,10-12,15H,2,4-5,8-9,13H2,(H,20,23)(H,21,22). The zero-order valence-corrected chi connectivity index (χ0v) is 13.2. The van der Waals surface area contributed by atoms with Crippen LogP contribution >= 0.6 is 0 Å². The van der Waals surface area contributed by atoms with E-state index in [9.17, 15) is 9.59 Å². The molecule has 4 nitrogen and oxygen atoms in total. The van der Waals surface area contributed by atoms with Crippen LogP contribution in [-0.2, 0) is 4.79 Å². The predicted octanol–water partition coefficient (Wildman–Crippen LogP) is 2.97. The number of amides is 2. The summed E-state index contributed by atoms with van der Waals surface area (Å²) in [5.74, 6) is -0.309. The van der Waals surface area contributed by atoms with Crippen molar-refractivity contribution in [1.29, 1.82) is 0 Å². The summed E-state index contributed by atoms with van der Waals surface area (Å²) in [6.45, 7) is 0.0287. The van der Waals surface area contributed by atoms with Crippen molar-refractivity contribution in [3.8, 4) is 11.1 Å². The van der Waals surface area contributed by atoms with Crippen molar-refractivity contribution in [2.75, 3.05) is 6.54 Å². The van der Waals surface area contributed by atoms with Gasteiger partial charge in [0.15, 0.2) is 0 Å². The normalized spacial score (nSPS) is 15.3. The maximum atomic E-state index is 12.3. The summed E-state index contributed by atoms with van der Waals surface area (Å²) in [7, 11) is 0. The number of hydrogen-bond donors (Lipinski definition) is 2. The third-order valence-electron chi connectivity index (χ3n) is 4.42. The van der Waals surface area contributed by atoms with Crippen LogP contribution in [0.5, 0.6) is 0 Å². The molecule has 0 spiro atoms. The van der Waals surface area contributed by atoms with Crippen LogP contribution in [0.2, 0.25) is 0 Å². The van der Waals surface area contributed by atoms with E-state index in [0.29, 0.717) is 5.56 Å². The van der Waals surface area contributed by atoms with Gasteiger partial charge in [0.05, 0.1) is 6.54 Å². The fourth-order valence-corrected chi connectivity index (χ4v) is 3.19. The summed E-state index contributed by atoms with van der Waals surface area (Å²) >= 11 is 0. The molecule has 0 heterocycles. The molecule has 3 aliphatic rings. The molecule has 3 aliphatic carbocycles. The van der Waals surface area contributed by atoms with Gasteiger partial charge >= 0.3 is 0 Å². The van der Waals surface area contributed by atoms with E-state index < -0.39 is 0 Å². The van der Waals surface area contributed by atoms with Gasteiger partial charge < -0.3 is 10.6 Å². The quantitative estimate of drug-likeness (QED) is 0.912. The van der Waals surface area contributed by atoms with Gasteiger partial charge in [-0.05, 0) is 30.0 Å². The van der Waals surface area contributed by atoms with Gasteiger partial charge in [0.1, 0.15) is 0 Å². The molecule has 0 aromatic carbocycles. The van der Waals surface area contributed by atoms with Crippen LogP contribution < -0.4 is 10.6 Å². The number of fused-ring (bicyclic) bond motifs is 1. The molecule has 0 saturated heterocycles. The molecule has 0 aromatic rings. The largest absolute Gasteiger partial charge is 0.352 e. The van der Waals surface area contributed by atoms with Gasteiger partial charge in [-0.25, -0.2) is 0 Å². The summed E-state index contributed by atoms with van der Waals surface area (Å²) < 4.78 is 0. The first-order valence-electron chi connectivity index (χ1n) is 8.29. The summed E-state index contributed by atoms with van der Waals surface area (Å²) in [4.78, 5) is 24.3. The smallest absolute Gasteiger partial charge is 0.252 e. The lowest BCUT2D eigenvalue weighted by Crippen LogP contribution is -2.42. The molecule has 0 aliphatic heterocycles. The van der Waals surface area contributed by atoms with E-state index in [4.69, 9.17) is 0 Å². The van der Waals surface area contributed by atoms with Crippen molar-refractivity contribution in [2.24, 2.45) is 0 Å². The second-order valence-corrected chi connectivity index (χ2v) is 6.11. The fraction of sp³-hybridized carbons (Fsp3) is 0.368. The Labute approximate surface area is 136 Å². The first-order valence-corrected chi connectivity index (χ1v) is 8.29. The van der Waals surface area contributed by atoms with E-state index in [1.54, 1.807) is 6.07 Å². The Morgan fingerprint density at radius 3 is 2.57 bits per heavy atom. The molecule has 120 valence electrons. The zero-order chi connectivity index (χ0) is 16.1. The minimum Gasteiger partial charge on any atom is -0.352 e. The minimum atomic E-state index is -0.204. The highest BCUT2D eigenvalue weighted by Gasteiger charge is 2.18. The summed E-state index contributed by atoms with van der Waals surface area (Å²) in [5, 5.41) is 5.73. The number of carbonyl (C=O) groups excluding carboxylic acids is 2. The highest BCUT2D eigenvalue weighted by atomic mass is 16.2. The van der Waals surface area contributed by atoms with Crippen molar-refractivity contribution in [1.82, 2.24) is 10.6 Å². The third-order valence-corrected chi connectivity index (χ3v) is 4.42. The van der Waals surface area contributed by atoms with E-state index in [-0.39, 0.29) is 24.4 Å². The highest BCUT2D eigenvalue weighted by molar-refractivity contribution is 6.03. The van der Waals surface area contributed by atoms with E-state index in [2.05, 4.69) is 10.6 Å². The summed E-state index contributed by atoms with van der Waals surface area (Å²) in [5.41, 5.74) is 2.54. The Bertz CT molecular complexity index is 662. The van der Waals surface area contributed by atoms with Gasteiger partial charge in [0.25, 0.3) is 5.91 Å². The summed E-state index contributed by atoms with van der Waals surface area (Å²) in [6, 6.07) is 13.7. The van der Waals surface area contributed by atoms with Crippen molar-refractivity contribution < 1.29 is 9.59 Å². The van der Waals surface area contributed by atoms with E-state index >= 15 is 0 Å². The zero-order valence-electron chi connectivity index (χ0n) is 13.2. The van der Waals surface area contributed by atoms with Crippen molar-refractivity contribution in [3.05, 3.63) is 48.0 Å². The molecule has 0 unspecified atom stereocenters. The molecular weight excluding hydrogens is 288 g/mol. The molecule has 2 amide bonds. The SMILES string of the molecule is O=C(CNC(=O)c1ccc2cccccc1-2)NC1CCCCC1. The second kappa shape index (κ2) is 7.27. The molecular formula is C19H22N2O2. The average molecular weight is 310 g/mol.